The van der Waals surface area contributed by atoms with Gasteiger partial charge in [0.15, 0.2) is 7.05 Å². The summed E-state index contributed by atoms with van der Waals surface area (Å²) in [6.07, 6.45) is 0. The van der Waals surface area contributed by atoms with E-state index in [2.05, 4.69) is 20.7 Å². The van der Waals surface area contributed by atoms with Gasteiger partial charge in [-0.1, -0.05) is 15.9 Å². The highest BCUT2D eigenvalue weighted by molar-refractivity contribution is 9.10. The lowest BCUT2D eigenvalue weighted by Gasteiger charge is -2.26. The number of nitrogens with one attached hydrogen (secondary N) is 1. The first-order chi connectivity index (χ1) is 10.8. The molecule has 1 aromatic carbocycles. The summed E-state index contributed by atoms with van der Waals surface area (Å²) in [6, 6.07) is 3.21. The quantitative estimate of drug-likeness (QED) is 0.437. The smallest absolute Gasteiger partial charge is 0.227 e. The maximum atomic E-state index is 13.4. The lowest BCUT2D eigenvalue weighted by atomic mass is 10.1. The van der Waals surface area contributed by atoms with Crippen LogP contribution in [0.1, 0.15) is 32.4 Å². The Morgan fingerprint density at radius 1 is 1.29 bits per heavy atom. The lowest BCUT2D eigenvalue weighted by Crippen LogP contribution is -2.43. The molecule has 0 amide bonds. The molecule has 0 aliphatic rings. The molecule has 1 N–H and O–H groups in total. The minimum Gasteiger partial charge on any atom is -0.598 e. The molecule has 0 bridgehead atoms. The number of nitro groups is 2. The fourth-order valence-electron chi connectivity index (χ4n) is 1.44. The molecular formula is C13H19BrFN3O5S. The normalized spacial score (nSPS) is 13.5. The molecule has 0 saturated carbocycles. The minimum absolute atomic E-state index is 0.381. The third-order valence-electron chi connectivity index (χ3n) is 2.42. The Labute approximate surface area is 150 Å². The molecule has 0 radical (unpaired) electrons. The minimum atomic E-state index is -1.49. The SMILES string of the molecule is CC(C)(C)[S@+]([O-])N[C@H](C[N+](=O)[O-])c1cc(F)cc(Br)c1.C[N+](=O)[O-]. The molecular weight excluding hydrogens is 409 g/mol. The highest BCUT2D eigenvalue weighted by Crippen LogP contribution is 2.24. The Kier molecular flexibility index (Phi) is 9.33. The van der Waals surface area contributed by atoms with Crippen molar-refractivity contribution in [2.24, 2.45) is 0 Å². The molecule has 0 saturated heterocycles. The number of halogens is 2. The van der Waals surface area contributed by atoms with E-state index in [1.54, 1.807) is 26.8 Å². The van der Waals surface area contributed by atoms with Gasteiger partial charge in [0.2, 0.25) is 6.54 Å². The van der Waals surface area contributed by atoms with Crippen molar-refractivity contribution in [3.63, 3.8) is 0 Å². The maximum Gasteiger partial charge on any atom is 0.227 e. The van der Waals surface area contributed by atoms with Gasteiger partial charge in [0.05, 0.1) is 0 Å². The molecule has 11 heteroatoms. The Balaban J connectivity index is 0.00000118. The Bertz CT molecular complexity index is 561. The van der Waals surface area contributed by atoms with E-state index < -0.39 is 44.4 Å². The van der Waals surface area contributed by atoms with Crippen LogP contribution in [0.4, 0.5) is 4.39 Å². The highest BCUT2D eigenvalue weighted by Gasteiger charge is 2.32. The molecule has 0 aromatic heterocycles. The third kappa shape index (κ3) is 9.75. The van der Waals surface area contributed by atoms with Crippen LogP contribution in [0.25, 0.3) is 0 Å². The van der Waals surface area contributed by atoms with E-state index in [1.165, 1.54) is 12.1 Å². The van der Waals surface area contributed by atoms with E-state index in [0.29, 0.717) is 10.0 Å². The van der Waals surface area contributed by atoms with Crippen molar-refractivity contribution in [2.45, 2.75) is 31.6 Å². The zero-order valence-electron chi connectivity index (χ0n) is 13.6. The molecule has 0 aliphatic heterocycles. The topological polar surface area (TPSA) is 121 Å². The van der Waals surface area contributed by atoms with Crippen LogP contribution in [0, 0.1) is 26.0 Å². The van der Waals surface area contributed by atoms with Crippen LogP contribution in [-0.2, 0) is 11.4 Å². The molecule has 1 aromatic rings. The van der Waals surface area contributed by atoms with Gasteiger partial charge in [-0.15, -0.1) is 4.72 Å². The van der Waals surface area contributed by atoms with Crippen molar-refractivity contribution in [3.8, 4) is 0 Å². The van der Waals surface area contributed by atoms with Gasteiger partial charge < -0.3 is 4.55 Å². The van der Waals surface area contributed by atoms with Crippen LogP contribution in [0.2, 0.25) is 0 Å². The molecule has 8 nitrogen and oxygen atoms in total. The fraction of sp³-hybridized carbons (Fsp3) is 0.538. The molecule has 0 aliphatic carbocycles. The predicted molar refractivity (Wildman–Crippen MR) is 92.7 cm³/mol. The van der Waals surface area contributed by atoms with Crippen LogP contribution in [0.3, 0.4) is 0 Å². The lowest BCUT2D eigenvalue weighted by molar-refractivity contribution is -0.483. The average Bonchev–Trinajstić information content (AvgIpc) is 2.34. The van der Waals surface area contributed by atoms with E-state index in [9.17, 15) is 19.1 Å². The zero-order valence-corrected chi connectivity index (χ0v) is 16.0. The molecule has 2 atom stereocenters. The second-order valence-corrected chi connectivity index (χ2v) is 8.62. The first-order valence-electron chi connectivity index (χ1n) is 6.66. The van der Waals surface area contributed by atoms with Gasteiger partial charge in [0.25, 0.3) is 0 Å². The van der Waals surface area contributed by atoms with Crippen molar-refractivity contribution >= 4 is 27.3 Å². The van der Waals surface area contributed by atoms with Gasteiger partial charge in [-0.05, 0) is 44.5 Å². The molecule has 24 heavy (non-hydrogen) atoms. The van der Waals surface area contributed by atoms with Crippen LogP contribution in [0.5, 0.6) is 0 Å². The summed E-state index contributed by atoms with van der Waals surface area (Å²) < 4.78 is 28.1. The van der Waals surface area contributed by atoms with Crippen molar-refractivity contribution in [1.82, 2.24) is 4.72 Å². The summed E-state index contributed by atoms with van der Waals surface area (Å²) >= 11 is 1.65. The van der Waals surface area contributed by atoms with Gasteiger partial charge in [0, 0.05) is 25.7 Å². The van der Waals surface area contributed by atoms with Crippen LogP contribution < -0.4 is 4.72 Å². The van der Waals surface area contributed by atoms with Gasteiger partial charge in [-0.25, -0.2) is 4.39 Å². The summed E-state index contributed by atoms with van der Waals surface area (Å²) in [6.45, 7) is 4.78. The summed E-state index contributed by atoms with van der Waals surface area (Å²) in [7, 11) is 0.889. The molecule has 0 spiro atoms. The Morgan fingerprint density at radius 3 is 2.17 bits per heavy atom. The second kappa shape index (κ2) is 9.87. The molecule has 0 fully saturated rings. The van der Waals surface area contributed by atoms with Crippen LogP contribution in [0.15, 0.2) is 22.7 Å². The third-order valence-corrected chi connectivity index (χ3v) is 4.49. The van der Waals surface area contributed by atoms with E-state index >= 15 is 0 Å². The summed E-state index contributed by atoms with van der Waals surface area (Å²) in [4.78, 5) is 18.5. The van der Waals surface area contributed by atoms with E-state index in [0.717, 1.165) is 7.05 Å². The van der Waals surface area contributed by atoms with Gasteiger partial charge >= 0.3 is 0 Å². The van der Waals surface area contributed by atoms with Crippen molar-refractivity contribution < 1.29 is 18.8 Å². The number of rotatable bonds is 5. The highest BCUT2D eigenvalue weighted by atomic mass is 79.9. The predicted octanol–water partition coefficient (Wildman–Crippen LogP) is 2.85. The maximum absolute atomic E-state index is 13.4. The summed E-state index contributed by atoms with van der Waals surface area (Å²) in [5, 5.41) is 19.6. The second-order valence-electron chi connectivity index (χ2n) is 5.71. The van der Waals surface area contributed by atoms with Crippen molar-refractivity contribution in [3.05, 3.63) is 54.3 Å². The van der Waals surface area contributed by atoms with Crippen LogP contribution >= 0.6 is 15.9 Å². The van der Waals surface area contributed by atoms with Crippen LogP contribution in [-0.4, -0.2) is 32.7 Å². The number of hydrogen-bond donors (Lipinski definition) is 1. The standard InChI is InChI=1S/C12H16BrFN2O3S.CH3NO2/c1-12(2,3)20(19)15-11(7-16(17)18)8-4-9(13)6-10(14)5-8;1-2(3)4/h4-6,11,15H,7H2,1-3H3;1H3/t11-,20+;/m1./s1. The monoisotopic (exact) mass is 427 g/mol. The van der Waals surface area contributed by atoms with Crippen molar-refractivity contribution in [1.29, 1.82) is 0 Å². The first-order valence-corrected chi connectivity index (χ1v) is 8.61. The van der Waals surface area contributed by atoms with E-state index in [-0.39, 0.29) is 0 Å². The molecule has 0 unspecified atom stereocenters. The largest absolute Gasteiger partial charge is 0.598 e. The van der Waals surface area contributed by atoms with Gasteiger partial charge in [-0.3, -0.25) is 20.2 Å². The molecule has 136 valence electrons. The number of nitrogens with zero attached hydrogens (tertiary/aromatic N) is 2. The summed E-state index contributed by atoms with van der Waals surface area (Å²) in [5.74, 6) is -0.508. The number of hydrogen-bond acceptors (Lipinski definition) is 6. The van der Waals surface area contributed by atoms with E-state index in [1.807, 2.05) is 0 Å². The van der Waals surface area contributed by atoms with Crippen molar-refractivity contribution in [2.75, 3.05) is 13.6 Å². The Morgan fingerprint density at radius 2 is 1.79 bits per heavy atom. The zero-order chi connectivity index (χ0) is 19.1. The molecule has 0 heterocycles. The first kappa shape index (κ1) is 22.7. The number of benzene rings is 1. The fourth-order valence-corrected chi connectivity index (χ4v) is 2.75. The Hall–Kier alpha value is -1.30. The van der Waals surface area contributed by atoms with Gasteiger partial charge in [-0.2, -0.15) is 0 Å². The van der Waals surface area contributed by atoms with Gasteiger partial charge in [0.1, 0.15) is 16.6 Å². The summed E-state index contributed by atoms with van der Waals surface area (Å²) in [5.41, 5.74) is 0.381. The average molecular weight is 428 g/mol. The molecule has 1 rings (SSSR count). The van der Waals surface area contributed by atoms with E-state index in [4.69, 9.17) is 10.1 Å².